The van der Waals surface area contributed by atoms with Gasteiger partial charge in [0.05, 0.1) is 0 Å². The molecule has 3 rings (SSSR count). The summed E-state index contributed by atoms with van der Waals surface area (Å²) >= 11 is 0. The molecule has 0 saturated heterocycles. The van der Waals surface area contributed by atoms with Crippen LogP contribution in [-0.2, 0) is 4.79 Å². The molecule has 1 N–H and O–H groups in total. The molecule has 0 aliphatic rings. The van der Waals surface area contributed by atoms with E-state index in [-0.39, 0.29) is 11.8 Å². The lowest BCUT2D eigenvalue weighted by Gasteiger charge is -2.20. The molecule has 0 fully saturated rings. The average molecular weight is 402 g/mol. The van der Waals surface area contributed by atoms with Gasteiger partial charge >= 0.3 is 0 Å². The van der Waals surface area contributed by atoms with Gasteiger partial charge in [0.1, 0.15) is 5.75 Å². The molecule has 5 heteroatoms. The maximum atomic E-state index is 13.0. The van der Waals surface area contributed by atoms with Gasteiger partial charge in [-0.05, 0) is 50.2 Å². The predicted molar refractivity (Wildman–Crippen MR) is 119 cm³/mol. The van der Waals surface area contributed by atoms with Gasteiger partial charge in [0, 0.05) is 29.9 Å². The van der Waals surface area contributed by atoms with Gasteiger partial charge < -0.3 is 15.0 Å². The zero-order chi connectivity index (χ0) is 21.3. The van der Waals surface area contributed by atoms with Crippen LogP contribution in [0.25, 0.3) is 0 Å². The lowest BCUT2D eigenvalue weighted by molar-refractivity contribution is -0.123. The number of para-hydroxylation sites is 1. The number of rotatable bonds is 8. The Morgan fingerprint density at radius 1 is 0.833 bits per heavy atom. The fourth-order valence-electron chi connectivity index (χ4n) is 3.13. The first-order valence-electron chi connectivity index (χ1n) is 10.1. The Hall–Kier alpha value is -3.60. The highest BCUT2D eigenvalue weighted by atomic mass is 16.5. The van der Waals surface area contributed by atoms with E-state index in [4.69, 9.17) is 4.74 Å². The molecule has 0 aliphatic heterocycles. The monoisotopic (exact) mass is 402 g/mol. The van der Waals surface area contributed by atoms with Gasteiger partial charge in [-0.25, -0.2) is 0 Å². The van der Waals surface area contributed by atoms with Gasteiger partial charge in [0.25, 0.3) is 11.8 Å². The number of carbonyl (C=O) groups is 2. The standard InChI is InChI=1S/C25H26N2O3/c1-3-27(4-2)25(29)20-15-17-21(18-16-20)26-24(28)23(19-11-7-5-8-12-19)30-22-13-9-6-10-14-22/h5-18,23H,3-4H2,1-2H3,(H,26,28). The second-order valence-electron chi connectivity index (χ2n) is 6.77. The molecule has 0 radical (unpaired) electrons. The minimum Gasteiger partial charge on any atom is -0.476 e. The number of ether oxygens (including phenoxy) is 1. The van der Waals surface area contributed by atoms with Gasteiger partial charge in [-0.15, -0.1) is 0 Å². The third kappa shape index (κ3) is 5.26. The van der Waals surface area contributed by atoms with Gasteiger partial charge in [-0.3, -0.25) is 9.59 Å². The molecule has 1 atom stereocenters. The van der Waals surface area contributed by atoms with Gasteiger partial charge in [0.15, 0.2) is 0 Å². The second kappa shape index (κ2) is 10.3. The lowest BCUT2D eigenvalue weighted by atomic mass is 10.1. The third-order valence-electron chi connectivity index (χ3n) is 4.79. The van der Waals surface area contributed by atoms with Crippen LogP contribution in [-0.4, -0.2) is 29.8 Å². The summed E-state index contributed by atoms with van der Waals surface area (Å²) in [5.41, 5.74) is 1.96. The molecule has 1 unspecified atom stereocenters. The Labute approximate surface area is 177 Å². The Morgan fingerprint density at radius 3 is 1.97 bits per heavy atom. The van der Waals surface area contributed by atoms with E-state index < -0.39 is 6.10 Å². The van der Waals surface area contributed by atoms with Crippen molar-refractivity contribution >= 4 is 17.5 Å². The van der Waals surface area contributed by atoms with E-state index in [9.17, 15) is 9.59 Å². The molecule has 0 bridgehead atoms. The van der Waals surface area contributed by atoms with E-state index >= 15 is 0 Å². The van der Waals surface area contributed by atoms with Crippen LogP contribution >= 0.6 is 0 Å². The van der Waals surface area contributed by atoms with Crippen LogP contribution in [0.5, 0.6) is 5.75 Å². The first kappa shape index (κ1) is 21.1. The number of benzene rings is 3. The number of carbonyl (C=O) groups excluding carboxylic acids is 2. The first-order valence-corrected chi connectivity index (χ1v) is 10.1. The van der Waals surface area contributed by atoms with E-state index in [0.717, 1.165) is 5.56 Å². The van der Waals surface area contributed by atoms with Crippen molar-refractivity contribution in [3.05, 3.63) is 96.1 Å². The summed E-state index contributed by atoms with van der Waals surface area (Å²) in [7, 11) is 0. The number of nitrogens with zero attached hydrogens (tertiary/aromatic N) is 1. The SMILES string of the molecule is CCN(CC)C(=O)c1ccc(NC(=O)C(Oc2ccccc2)c2ccccc2)cc1. The molecule has 154 valence electrons. The lowest BCUT2D eigenvalue weighted by Crippen LogP contribution is -2.30. The smallest absolute Gasteiger partial charge is 0.270 e. The Morgan fingerprint density at radius 2 is 1.40 bits per heavy atom. The number of nitrogens with one attached hydrogen (secondary N) is 1. The summed E-state index contributed by atoms with van der Waals surface area (Å²) in [6, 6.07) is 25.5. The number of anilines is 1. The van der Waals surface area contributed by atoms with Crippen molar-refractivity contribution in [2.24, 2.45) is 0 Å². The summed E-state index contributed by atoms with van der Waals surface area (Å²) in [5, 5.41) is 2.90. The van der Waals surface area contributed by atoms with E-state index in [1.165, 1.54) is 0 Å². The highest BCUT2D eigenvalue weighted by Gasteiger charge is 2.23. The van der Waals surface area contributed by atoms with Gasteiger partial charge in [-0.2, -0.15) is 0 Å². The number of hydrogen-bond donors (Lipinski definition) is 1. The van der Waals surface area contributed by atoms with Gasteiger partial charge in [-0.1, -0.05) is 48.5 Å². The van der Waals surface area contributed by atoms with Crippen LogP contribution in [0.2, 0.25) is 0 Å². The van der Waals surface area contributed by atoms with Crippen molar-refractivity contribution in [1.29, 1.82) is 0 Å². The zero-order valence-corrected chi connectivity index (χ0v) is 17.2. The maximum absolute atomic E-state index is 13.0. The van der Waals surface area contributed by atoms with Crippen molar-refractivity contribution < 1.29 is 14.3 Å². The number of hydrogen-bond acceptors (Lipinski definition) is 3. The molecular formula is C25H26N2O3. The topological polar surface area (TPSA) is 58.6 Å². The minimum absolute atomic E-state index is 0.0209. The van der Waals surface area contributed by atoms with Crippen molar-refractivity contribution in [2.75, 3.05) is 18.4 Å². The summed E-state index contributed by atoms with van der Waals surface area (Å²) in [6.07, 6.45) is -0.800. The maximum Gasteiger partial charge on any atom is 0.270 e. The molecule has 3 aromatic rings. The molecular weight excluding hydrogens is 376 g/mol. The van der Waals surface area contributed by atoms with E-state index in [1.807, 2.05) is 74.5 Å². The highest BCUT2D eigenvalue weighted by Crippen LogP contribution is 2.24. The summed E-state index contributed by atoms with van der Waals surface area (Å²) in [6.45, 7) is 5.21. The van der Waals surface area contributed by atoms with E-state index in [2.05, 4.69) is 5.32 Å². The molecule has 2 amide bonds. The fraction of sp³-hybridized carbons (Fsp3) is 0.200. The zero-order valence-electron chi connectivity index (χ0n) is 17.2. The van der Waals surface area contributed by atoms with Crippen LogP contribution in [0.1, 0.15) is 35.9 Å². The Bertz CT molecular complexity index is 953. The van der Waals surface area contributed by atoms with Crippen LogP contribution in [0.15, 0.2) is 84.9 Å². The molecule has 30 heavy (non-hydrogen) atoms. The van der Waals surface area contributed by atoms with Crippen LogP contribution in [0.3, 0.4) is 0 Å². The highest BCUT2D eigenvalue weighted by molar-refractivity contribution is 5.97. The van der Waals surface area contributed by atoms with E-state index in [1.54, 1.807) is 29.2 Å². The van der Waals surface area contributed by atoms with Crippen LogP contribution in [0.4, 0.5) is 5.69 Å². The van der Waals surface area contributed by atoms with Crippen LogP contribution < -0.4 is 10.1 Å². The first-order chi connectivity index (χ1) is 14.6. The van der Waals surface area contributed by atoms with Crippen molar-refractivity contribution in [1.82, 2.24) is 4.90 Å². The summed E-state index contributed by atoms with van der Waals surface area (Å²) in [5.74, 6) is 0.307. The van der Waals surface area contributed by atoms with Crippen molar-refractivity contribution in [3.63, 3.8) is 0 Å². The molecule has 0 saturated carbocycles. The quantitative estimate of drug-likeness (QED) is 0.581. The Kier molecular flexibility index (Phi) is 7.22. The van der Waals surface area contributed by atoms with Gasteiger partial charge in [0.2, 0.25) is 6.10 Å². The molecule has 0 aliphatic carbocycles. The van der Waals surface area contributed by atoms with Crippen LogP contribution in [0, 0.1) is 0 Å². The molecule has 0 spiro atoms. The third-order valence-corrected chi connectivity index (χ3v) is 4.79. The predicted octanol–water partition coefficient (Wildman–Crippen LogP) is 4.93. The normalized spacial score (nSPS) is 11.4. The van der Waals surface area contributed by atoms with Crippen molar-refractivity contribution in [3.8, 4) is 5.75 Å². The molecule has 5 nitrogen and oxygen atoms in total. The molecule has 3 aromatic carbocycles. The molecule has 0 aromatic heterocycles. The van der Waals surface area contributed by atoms with E-state index in [0.29, 0.717) is 30.1 Å². The number of amides is 2. The second-order valence-corrected chi connectivity index (χ2v) is 6.77. The largest absolute Gasteiger partial charge is 0.476 e. The molecule has 0 heterocycles. The fourth-order valence-corrected chi connectivity index (χ4v) is 3.13. The Balaban J connectivity index is 1.76. The van der Waals surface area contributed by atoms with Crippen molar-refractivity contribution in [2.45, 2.75) is 20.0 Å². The minimum atomic E-state index is -0.800. The summed E-state index contributed by atoms with van der Waals surface area (Å²) in [4.78, 5) is 27.2. The summed E-state index contributed by atoms with van der Waals surface area (Å²) < 4.78 is 5.98. The average Bonchev–Trinajstić information content (AvgIpc) is 2.80.